The van der Waals surface area contributed by atoms with Crippen LogP contribution in [0.2, 0.25) is 5.02 Å². The first-order valence-corrected chi connectivity index (χ1v) is 9.80. The number of carbonyl (C=O) groups is 2. The number of H-pyrrole nitrogens is 1. The van der Waals surface area contributed by atoms with Gasteiger partial charge in [0.25, 0.3) is 0 Å². The monoisotopic (exact) mass is 432 g/mol. The molecular weight excluding hydrogens is 416 g/mol. The minimum atomic E-state index is -0.468. The predicted octanol–water partition coefficient (Wildman–Crippen LogP) is 3.55. The fourth-order valence-electron chi connectivity index (χ4n) is 2.26. The van der Waals surface area contributed by atoms with E-state index >= 15 is 0 Å². The highest BCUT2D eigenvalue weighted by Gasteiger charge is 2.10. The van der Waals surface area contributed by atoms with Gasteiger partial charge in [0.1, 0.15) is 12.4 Å². The molecule has 2 N–H and O–H groups in total. The number of carbonyl (C=O) groups excluding carboxylic acids is 2. The summed E-state index contributed by atoms with van der Waals surface area (Å²) in [5.41, 5.74) is 0.864. The van der Waals surface area contributed by atoms with Crippen LogP contribution in [0.3, 0.4) is 0 Å². The average molecular weight is 433 g/mol. The third kappa shape index (κ3) is 6.23. The van der Waals surface area contributed by atoms with Crippen LogP contribution in [0.4, 0.5) is 5.69 Å². The molecule has 0 radical (unpaired) electrons. The minimum Gasteiger partial charge on any atom is -0.486 e. The van der Waals surface area contributed by atoms with Crippen LogP contribution in [-0.2, 0) is 16.1 Å². The normalized spacial score (nSPS) is 10.4. The maximum Gasteiger partial charge on any atom is 0.337 e. The van der Waals surface area contributed by atoms with Crippen molar-refractivity contribution in [3.8, 4) is 5.75 Å². The summed E-state index contributed by atoms with van der Waals surface area (Å²) in [7, 11) is 1.30. The molecule has 0 unspecified atom stereocenters. The van der Waals surface area contributed by atoms with Crippen LogP contribution in [0, 0.1) is 0 Å². The number of halogens is 1. The third-order valence-corrected chi connectivity index (χ3v) is 4.70. The van der Waals surface area contributed by atoms with E-state index in [-0.39, 0.29) is 18.3 Å². The molecule has 3 rings (SSSR count). The van der Waals surface area contributed by atoms with Crippen LogP contribution >= 0.6 is 23.4 Å². The second kappa shape index (κ2) is 9.94. The second-order valence-corrected chi connectivity index (χ2v) is 7.10. The van der Waals surface area contributed by atoms with Crippen molar-refractivity contribution in [1.82, 2.24) is 15.2 Å². The Morgan fingerprint density at radius 1 is 1.21 bits per heavy atom. The van der Waals surface area contributed by atoms with E-state index in [0.717, 1.165) is 0 Å². The van der Waals surface area contributed by atoms with Crippen LogP contribution in [0.15, 0.2) is 53.7 Å². The molecule has 0 saturated heterocycles. The Morgan fingerprint density at radius 3 is 2.76 bits per heavy atom. The van der Waals surface area contributed by atoms with E-state index in [1.807, 2.05) is 0 Å². The van der Waals surface area contributed by atoms with Crippen molar-refractivity contribution in [2.45, 2.75) is 11.8 Å². The van der Waals surface area contributed by atoms with Crippen molar-refractivity contribution < 1.29 is 19.1 Å². The average Bonchev–Trinajstić information content (AvgIpc) is 3.19. The molecule has 3 aromatic rings. The summed E-state index contributed by atoms with van der Waals surface area (Å²) in [6.07, 6.45) is 0. The Hall–Kier alpha value is -3.04. The molecule has 2 aromatic carbocycles. The summed E-state index contributed by atoms with van der Waals surface area (Å²) in [5, 5.41) is 10.6. The molecule has 10 heteroatoms. The van der Waals surface area contributed by atoms with E-state index in [9.17, 15) is 9.59 Å². The first kappa shape index (κ1) is 20.7. The smallest absolute Gasteiger partial charge is 0.337 e. The number of hydrogen-bond acceptors (Lipinski definition) is 7. The SMILES string of the molecule is COC(=O)c1cccc(NC(=O)CSc2n[nH]c(COc3ccc(Cl)cc3)n2)c1. The number of nitrogens with zero attached hydrogens (tertiary/aromatic N) is 2. The summed E-state index contributed by atoms with van der Waals surface area (Å²) in [6.45, 7) is 0.210. The lowest BCUT2D eigenvalue weighted by molar-refractivity contribution is -0.113. The fourth-order valence-corrected chi connectivity index (χ4v) is 3.00. The van der Waals surface area contributed by atoms with Crippen LogP contribution < -0.4 is 10.1 Å². The van der Waals surface area contributed by atoms with Gasteiger partial charge in [-0.15, -0.1) is 5.10 Å². The van der Waals surface area contributed by atoms with Crippen molar-refractivity contribution in [2.75, 3.05) is 18.2 Å². The quantitative estimate of drug-likeness (QED) is 0.414. The van der Waals surface area contributed by atoms with Crippen molar-refractivity contribution >= 4 is 40.9 Å². The van der Waals surface area contributed by atoms with Gasteiger partial charge in [0.05, 0.1) is 18.4 Å². The third-order valence-electron chi connectivity index (χ3n) is 3.60. The number of aromatic amines is 1. The van der Waals surface area contributed by atoms with Gasteiger partial charge in [0.15, 0.2) is 5.82 Å². The number of rotatable bonds is 8. The van der Waals surface area contributed by atoms with E-state index in [1.54, 1.807) is 48.5 Å². The van der Waals surface area contributed by atoms with Crippen LogP contribution in [0.1, 0.15) is 16.2 Å². The van der Waals surface area contributed by atoms with Gasteiger partial charge in [-0.05, 0) is 42.5 Å². The van der Waals surface area contributed by atoms with Gasteiger partial charge in [-0.2, -0.15) is 0 Å². The number of aromatic nitrogens is 3. The number of nitrogens with one attached hydrogen (secondary N) is 2. The largest absolute Gasteiger partial charge is 0.486 e. The lowest BCUT2D eigenvalue weighted by Gasteiger charge is -2.06. The summed E-state index contributed by atoms with van der Waals surface area (Å²) in [5.74, 6) is 0.588. The van der Waals surface area contributed by atoms with Crippen LogP contribution in [0.5, 0.6) is 5.75 Å². The van der Waals surface area contributed by atoms with Crippen molar-refractivity contribution in [2.24, 2.45) is 0 Å². The fraction of sp³-hybridized carbons (Fsp3) is 0.158. The molecule has 1 heterocycles. The topological polar surface area (TPSA) is 106 Å². The lowest BCUT2D eigenvalue weighted by Crippen LogP contribution is -2.14. The highest BCUT2D eigenvalue weighted by molar-refractivity contribution is 7.99. The second-order valence-electron chi connectivity index (χ2n) is 5.72. The summed E-state index contributed by atoms with van der Waals surface area (Å²) in [4.78, 5) is 28.0. The number of anilines is 1. The first-order valence-electron chi connectivity index (χ1n) is 8.44. The zero-order valence-electron chi connectivity index (χ0n) is 15.3. The van der Waals surface area contributed by atoms with Gasteiger partial charge < -0.3 is 14.8 Å². The van der Waals surface area contributed by atoms with Gasteiger partial charge >= 0.3 is 5.97 Å². The molecule has 0 bridgehead atoms. The molecule has 150 valence electrons. The van der Waals surface area contributed by atoms with Crippen LogP contribution in [-0.4, -0.2) is 39.9 Å². The molecule has 0 saturated carbocycles. The molecule has 0 fully saturated rings. The molecule has 0 atom stereocenters. The highest BCUT2D eigenvalue weighted by atomic mass is 35.5. The van der Waals surface area contributed by atoms with Gasteiger partial charge in [-0.3, -0.25) is 9.89 Å². The molecule has 1 amide bonds. The minimum absolute atomic E-state index is 0.109. The number of methoxy groups -OCH3 is 1. The zero-order chi connectivity index (χ0) is 20.6. The van der Waals surface area contributed by atoms with Gasteiger partial charge in [-0.25, -0.2) is 9.78 Å². The van der Waals surface area contributed by atoms with E-state index in [4.69, 9.17) is 16.3 Å². The van der Waals surface area contributed by atoms with Gasteiger partial charge in [0, 0.05) is 10.7 Å². The zero-order valence-corrected chi connectivity index (χ0v) is 16.9. The van der Waals surface area contributed by atoms with E-state index in [2.05, 4.69) is 25.2 Å². The van der Waals surface area contributed by atoms with Crippen LogP contribution in [0.25, 0.3) is 0 Å². The molecule has 0 spiro atoms. The van der Waals surface area contributed by atoms with E-state index < -0.39 is 5.97 Å². The number of ether oxygens (including phenoxy) is 2. The Labute approximate surface area is 176 Å². The number of thioether (sulfide) groups is 1. The molecular formula is C19H17ClN4O4S. The number of esters is 1. The van der Waals surface area contributed by atoms with Crippen molar-refractivity contribution in [3.05, 3.63) is 64.9 Å². The van der Waals surface area contributed by atoms with E-state index in [0.29, 0.717) is 33.0 Å². The Balaban J connectivity index is 1.47. The van der Waals surface area contributed by atoms with Gasteiger partial charge in [0.2, 0.25) is 11.1 Å². The molecule has 8 nitrogen and oxygen atoms in total. The number of amides is 1. The molecule has 0 aliphatic carbocycles. The Kier molecular flexibility index (Phi) is 7.09. The summed E-state index contributed by atoms with van der Waals surface area (Å²) < 4.78 is 10.3. The maximum atomic E-state index is 12.1. The maximum absolute atomic E-state index is 12.1. The Morgan fingerprint density at radius 2 is 2.00 bits per heavy atom. The van der Waals surface area contributed by atoms with E-state index in [1.165, 1.54) is 18.9 Å². The molecule has 0 aliphatic rings. The predicted molar refractivity (Wildman–Crippen MR) is 109 cm³/mol. The molecule has 29 heavy (non-hydrogen) atoms. The lowest BCUT2D eigenvalue weighted by atomic mass is 10.2. The molecule has 1 aromatic heterocycles. The summed E-state index contributed by atoms with van der Waals surface area (Å²) in [6, 6.07) is 13.5. The summed E-state index contributed by atoms with van der Waals surface area (Å²) >= 11 is 7.01. The first-order chi connectivity index (χ1) is 14.0. The standard InChI is InChI=1S/C19H17ClN4O4S/c1-27-18(26)12-3-2-4-14(9-12)21-17(25)11-29-19-22-16(23-24-19)10-28-15-7-5-13(20)6-8-15/h2-9H,10-11H2,1H3,(H,21,25)(H,22,23,24). The Bertz CT molecular complexity index is 994. The number of hydrogen-bond donors (Lipinski definition) is 2. The van der Waals surface area contributed by atoms with Gasteiger partial charge in [-0.1, -0.05) is 29.4 Å². The molecule has 0 aliphatic heterocycles. The number of benzene rings is 2. The van der Waals surface area contributed by atoms with Crippen molar-refractivity contribution in [3.63, 3.8) is 0 Å². The highest BCUT2D eigenvalue weighted by Crippen LogP contribution is 2.18. The van der Waals surface area contributed by atoms with Crippen molar-refractivity contribution in [1.29, 1.82) is 0 Å².